The number of hydrogen-bond donors (Lipinski definition) is 0. The molecule has 0 fully saturated rings. The molecule has 0 bridgehead atoms. The number of hydrogen-bond acceptors (Lipinski definition) is 2. The Kier molecular flexibility index (Phi) is 2.21. The Morgan fingerprint density at radius 3 is 3.23 bits per heavy atom. The van der Waals surface area contributed by atoms with Gasteiger partial charge >= 0.3 is 0 Å². The van der Waals surface area contributed by atoms with Gasteiger partial charge in [0, 0.05) is 23.9 Å². The average molecular weight is 172 g/mol. The van der Waals surface area contributed by atoms with E-state index >= 15 is 0 Å². The second kappa shape index (κ2) is 3.52. The third-order valence-corrected chi connectivity index (χ3v) is 2.14. The van der Waals surface area contributed by atoms with Crippen molar-refractivity contribution in [3.05, 3.63) is 30.0 Å². The molecule has 0 amide bonds. The molecule has 66 valence electrons. The van der Waals surface area contributed by atoms with Gasteiger partial charge in [-0.15, -0.1) is 0 Å². The van der Waals surface area contributed by atoms with E-state index in [4.69, 9.17) is 0 Å². The van der Waals surface area contributed by atoms with Gasteiger partial charge in [0.15, 0.2) is 5.82 Å². The fourth-order valence-electron chi connectivity index (χ4n) is 1.37. The largest absolute Gasteiger partial charge is 0.237 e. The Labute approximate surface area is 78.0 Å². The summed E-state index contributed by atoms with van der Waals surface area (Å²) >= 11 is 0. The first-order valence-corrected chi connectivity index (χ1v) is 4.58. The first-order chi connectivity index (χ1) is 6.40. The van der Waals surface area contributed by atoms with E-state index in [-0.39, 0.29) is 0 Å². The summed E-state index contributed by atoms with van der Waals surface area (Å²) < 4.78 is 0. The van der Waals surface area contributed by atoms with Crippen LogP contribution in [-0.2, 0) is 0 Å². The van der Waals surface area contributed by atoms with Gasteiger partial charge in [0.05, 0.1) is 0 Å². The maximum absolute atomic E-state index is 4.50. The third-order valence-electron chi connectivity index (χ3n) is 2.14. The van der Waals surface area contributed by atoms with Crippen LogP contribution < -0.4 is 0 Å². The molecule has 0 atom stereocenters. The van der Waals surface area contributed by atoms with Crippen LogP contribution in [0.3, 0.4) is 0 Å². The first kappa shape index (κ1) is 8.17. The molecule has 0 saturated heterocycles. The van der Waals surface area contributed by atoms with Crippen LogP contribution in [0.15, 0.2) is 29.4 Å². The number of pyridine rings is 1. The van der Waals surface area contributed by atoms with Crippen molar-refractivity contribution in [1.29, 1.82) is 0 Å². The SMILES string of the molecule is CCC1=Nc2ncccc2C=CC1. The van der Waals surface area contributed by atoms with Crippen LogP contribution in [0, 0.1) is 0 Å². The highest BCUT2D eigenvalue weighted by Crippen LogP contribution is 2.21. The van der Waals surface area contributed by atoms with E-state index < -0.39 is 0 Å². The molecule has 1 aromatic rings. The number of nitrogens with zero attached hydrogens (tertiary/aromatic N) is 2. The lowest BCUT2D eigenvalue weighted by atomic mass is 10.2. The molecular formula is C11H12N2. The van der Waals surface area contributed by atoms with Crippen molar-refractivity contribution in [3.63, 3.8) is 0 Å². The summed E-state index contributed by atoms with van der Waals surface area (Å²) in [6.45, 7) is 2.13. The van der Waals surface area contributed by atoms with Crippen molar-refractivity contribution >= 4 is 17.6 Å². The summed E-state index contributed by atoms with van der Waals surface area (Å²) in [5, 5.41) is 0. The monoisotopic (exact) mass is 172 g/mol. The highest BCUT2D eigenvalue weighted by Gasteiger charge is 2.03. The lowest BCUT2D eigenvalue weighted by molar-refractivity contribution is 1.19. The molecule has 2 heterocycles. The smallest absolute Gasteiger partial charge is 0.159 e. The zero-order chi connectivity index (χ0) is 9.10. The molecule has 1 aliphatic rings. The van der Waals surface area contributed by atoms with Gasteiger partial charge in [0.1, 0.15) is 0 Å². The standard InChI is InChI=1S/C11H12N2/c1-2-10-7-3-5-9-6-4-8-12-11(9)13-10/h3-6,8H,2,7H2,1H3. The lowest BCUT2D eigenvalue weighted by Gasteiger charge is -1.98. The second-order valence-corrected chi connectivity index (χ2v) is 3.05. The van der Waals surface area contributed by atoms with E-state index in [2.05, 4.69) is 29.1 Å². The zero-order valence-electron chi connectivity index (χ0n) is 7.70. The van der Waals surface area contributed by atoms with Gasteiger partial charge in [-0.3, -0.25) is 0 Å². The summed E-state index contributed by atoms with van der Waals surface area (Å²) in [4.78, 5) is 8.74. The molecule has 0 unspecified atom stereocenters. The Hall–Kier alpha value is -1.44. The van der Waals surface area contributed by atoms with Gasteiger partial charge in [-0.2, -0.15) is 0 Å². The van der Waals surface area contributed by atoms with Crippen molar-refractivity contribution in [1.82, 2.24) is 4.98 Å². The number of aliphatic imine (C=N–C) groups is 1. The van der Waals surface area contributed by atoms with Crippen LogP contribution in [0.2, 0.25) is 0 Å². The fourth-order valence-corrected chi connectivity index (χ4v) is 1.37. The molecule has 0 N–H and O–H groups in total. The zero-order valence-corrected chi connectivity index (χ0v) is 7.70. The van der Waals surface area contributed by atoms with E-state index in [1.54, 1.807) is 6.20 Å². The molecule has 0 radical (unpaired) electrons. The summed E-state index contributed by atoms with van der Waals surface area (Å²) in [7, 11) is 0. The Balaban J connectivity index is 2.49. The molecule has 1 aliphatic heterocycles. The molecule has 1 aromatic heterocycles. The summed E-state index contributed by atoms with van der Waals surface area (Å²) in [5.74, 6) is 0.855. The molecule has 2 rings (SSSR count). The van der Waals surface area contributed by atoms with E-state index in [9.17, 15) is 0 Å². The highest BCUT2D eigenvalue weighted by molar-refractivity contribution is 5.90. The van der Waals surface area contributed by atoms with Gasteiger partial charge in [0.2, 0.25) is 0 Å². The van der Waals surface area contributed by atoms with E-state index in [0.29, 0.717) is 0 Å². The molecule has 0 aromatic carbocycles. The lowest BCUT2D eigenvalue weighted by Crippen LogP contribution is -1.91. The third kappa shape index (κ3) is 1.66. The Bertz CT molecular complexity index is 364. The topological polar surface area (TPSA) is 25.2 Å². The van der Waals surface area contributed by atoms with Crippen molar-refractivity contribution in [3.8, 4) is 0 Å². The van der Waals surface area contributed by atoms with Crippen molar-refractivity contribution in [2.24, 2.45) is 4.99 Å². The van der Waals surface area contributed by atoms with Gasteiger partial charge in [-0.05, 0) is 18.6 Å². The molecule has 0 saturated carbocycles. The van der Waals surface area contributed by atoms with Gasteiger partial charge < -0.3 is 0 Å². The van der Waals surface area contributed by atoms with Crippen LogP contribution in [0.5, 0.6) is 0 Å². The summed E-state index contributed by atoms with van der Waals surface area (Å²) in [6.07, 6.45) is 7.98. The normalized spacial score (nSPS) is 14.7. The quantitative estimate of drug-likeness (QED) is 0.639. The van der Waals surface area contributed by atoms with Crippen LogP contribution in [-0.4, -0.2) is 10.7 Å². The molecule has 13 heavy (non-hydrogen) atoms. The number of fused-ring (bicyclic) bond motifs is 1. The molecule has 2 nitrogen and oxygen atoms in total. The molecular weight excluding hydrogens is 160 g/mol. The van der Waals surface area contributed by atoms with Crippen molar-refractivity contribution in [2.45, 2.75) is 19.8 Å². The van der Waals surface area contributed by atoms with Gasteiger partial charge in [-0.25, -0.2) is 9.98 Å². The van der Waals surface area contributed by atoms with Crippen LogP contribution >= 0.6 is 0 Å². The second-order valence-electron chi connectivity index (χ2n) is 3.05. The van der Waals surface area contributed by atoms with Crippen LogP contribution in [0.1, 0.15) is 25.3 Å². The predicted octanol–water partition coefficient (Wildman–Crippen LogP) is 2.98. The first-order valence-electron chi connectivity index (χ1n) is 4.58. The maximum Gasteiger partial charge on any atom is 0.159 e. The Morgan fingerprint density at radius 1 is 1.46 bits per heavy atom. The average Bonchev–Trinajstić information content (AvgIpc) is 2.38. The van der Waals surface area contributed by atoms with Crippen molar-refractivity contribution in [2.75, 3.05) is 0 Å². The van der Waals surface area contributed by atoms with E-state index in [1.165, 1.54) is 5.71 Å². The minimum atomic E-state index is 0.855. The molecule has 0 aliphatic carbocycles. The van der Waals surface area contributed by atoms with E-state index in [1.807, 2.05) is 12.1 Å². The number of aromatic nitrogens is 1. The minimum absolute atomic E-state index is 0.855. The minimum Gasteiger partial charge on any atom is -0.237 e. The fraction of sp³-hybridized carbons (Fsp3) is 0.273. The van der Waals surface area contributed by atoms with Crippen LogP contribution in [0.25, 0.3) is 6.08 Å². The van der Waals surface area contributed by atoms with Crippen LogP contribution in [0.4, 0.5) is 5.82 Å². The molecule has 0 spiro atoms. The Morgan fingerprint density at radius 2 is 2.38 bits per heavy atom. The highest BCUT2D eigenvalue weighted by atomic mass is 14.9. The number of rotatable bonds is 1. The van der Waals surface area contributed by atoms with Gasteiger partial charge in [-0.1, -0.05) is 19.1 Å². The predicted molar refractivity (Wildman–Crippen MR) is 55.3 cm³/mol. The van der Waals surface area contributed by atoms with E-state index in [0.717, 1.165) is 24.2 Å². The maximum atomic E-state index is 4.50. The van der Waals surface area contributed by atoms with Gasteiger partial charge in [0.25, 0.3) is 0 Å². The summed E-state index contributed by atoms with van der Waals surface area (Å²) in [5.41, 5.74) is 2.32. The number of allylic oxidation sites excluding steroid dienone is 1. The molecule has 2 heteroatoms. The van der Waals surface area contributed by atoms with Crippen molar-refractivity contribution < 1.29 is 0 Å². The summed E-state index contributed by atoms with van der Waals surface area (Å²) in [6, 6.07) is 3.98.